The van der Waals surface area contributed by atoms with Crippen molar-refractivity contribution >= 4 is 17.7 Å². The summed E-state index contributed by atoms with van der Waals surface area (Å²) in [6.07, 6.45) is 2.63. The Morgan fingerprint density at radius 1 is 1.09 bits per heavy atom. The highest BCUT2D eigenvalue weighted by Crippen LogP contribution is 2.15. The second-order valence-corrected chi connectivity index (χ2v) is 5.13. The van der Waals surface area contributed by atoms with Crippen molar-refractivity contribution in [3.63, 3.8) is 0 Å². The molecule has 0 aliphatic rings. The highest BCUT2D eigenvalue weighted by atomic mass is 16.5. The minimum atomic E-state index is -0.948. The zero-order valence-corrected chi connectivity index (χ0v) is 14.0. The van der Waals surface area contributed by atoms with Gasteiger partial charge in [-0.25, -0.2) is 4.79 Å². The van der Waals surface area contributed by atoms with Crippen LogP contribution in [-0.4, -0.2) is 32.3 Å². The topological polar surface area (TPSA) is 49.8 Å². The lowest BCUT2D eigenvalue weighted by atomic mass is 10.2. The van der Waals surface area contributed by atoms with Crippen molar-refractivity contribution in [3.8, 4) is 5.75 Å². The SMILES string of the molecule is COc1ccc(C=CC(=O)O)cc1.Cc1ccccc1N(C)C. The number of hydrogen-bond donors (Lipinski definition) is 1. The highest BCUT2D eigenvalue weighted by molar-refractivity contribution is 5.85. The van der Waals surface area contributed by atoms with Gasteiger partial charge in [-0.3, -0.25) is 0 Å². The summed E-state index contributed by atoms with van der Waals surface area (Å²) >= 11 is 0. The first kappa shape index (κ1) is 18.3. The second kappa shape index (κ2) is 9.30. The maximum Gasteiger partial charge on any atom is 0.328 e. The van der Waals surface area contributed by atoms with E-state index in [1.165, 1.54) is 17.3 Å². The number of rotatable bonds is 4. The van der Waals surface area contributed by atoms with E-state index in [0.29, 0.717) is 0 Å². The molecule has 0 spiro atoms. The molecule has 0 aromatic heterocycles. The van der Waals surface area contributed by atoms with Crippen LogP contribution in [0.3, 0.4) is 0 Å². The van der Waals surface area contributed by atoms with Gasteiger partial charge in [0.1, 0.15) is 5.75 Å². The Morgan fingerprint density at radius 3 is 2.13 bits per heavy atom. The molecular weight excluding hydrogens is 290 g/mol. The molecule has 0 unspecified atom stereocenters. The number of carboxylic acids is 1. The summed E-state index contributed by atoms with van der Waals surface area (Å²) in [5, 5.41) is 8.36. The fraction of sp³-hybridized carbons (Fsp3) is 0.211. The number of hydrogen-bond acceptors (Lipinski definition) is 3. The number of aryl methyl sites for hydroxylation is 1. The number of carbonyl (C=O) groups is 1. The molecule has 4 nitrogen and oxygen atoms in total. The zero-order chi connectivity index (χ0) is 17.2. The first-order valence-corrected chi connectivity index (χ1v) is 7.22. The summed E-state index contributed by atoms with van der Waals surface area (Å²) in [6.45, 7) is 2.12. The molecule has 122 valence electrons. The summed E-state index contributed by atoms with van der Waals surface area (Å²) in [5.41, 5.74) is 3.46. The summed E-state index contributed by atoms with van der Waals surface area (Å²) in [4.78, 5) is 12.3. The predicted molar refractivity (Wildman–Crippen MR) is 95.2 cm³/mol. The number of para-hydroxylation sites is 1. The maximum atomic E-state index is 10.2. The zero-order valence-electron chi connectivity index (χ0n) is 14.0. The number of carboxylic acid groups (broad SMARTS) is 1. The van der Waals surface area contributed by atoms with Gasteiger partial charge in [-0.1, -0.05) is 30.3 Å². The molecule has 0 amide bonds. The van der Waals surface area contributed by atoms with Crippen molar-refractivity contribution in [1.82, 2.24) is 0 Å². The van der Waals surface area contributed by atoms with Crippen molar-refractivity contribution in [2.75, 3.05) is 26.1 Å². The van der Waals surface area contributed by atoms with Crippen LogP contribution in [-0.2, 0) is 4.79 Å². The lowest BCUT2D eigenvalue weighted by Gasteiger charge is -2.14. The number of methoxy groups -OCH3 is 1. The van der Waals surface area contributed by atoms with Crippen molar-refractivity contribution in [1.29, 1.82) is 0 Å². The fourth-order valence-electron chi connectivity index (χ4n) is 1.95. The molecule has 4 heteroatoms. The van der Waals surface area contributed by atoms with E-state index in [4.69, 9.17) is 9.84 Å². The molecule has 0 atom stereocenters. The summed E-state index contributed by atoms with van der Waals surface area (Å²) in [5.74, 6) is -0.191. The first-order chi connectivity index (χ1) is 10.9. The van der Waals surface area contributed by atoms with Crippen LogP contribution in [0.5, 0.6) is 5.75 Å². The van der Waals surface area contributed by atoms with Crippen LogP contribution in [0.4, 0.5) is 5.69 Å². The van der Waals surface area contributed by atoms with Crippen LogP contribution in [0.2, 0.25) is 0 Å². The van der Waals surface area contributed by atoms with Gasteiger partial charge in [0.05, 0.1) is 7.11 Å². The molecule has 0 aliphatic heterocycles. The maximum absolute atomic E-state index is 10.2. The molecule has 23 heavy (non-hydrogen) atoms. The van der Waals surface area contributed by atoms with Gasteiger partial charge in [0, 0.05) is 25.9 Å². The molecule has 0 saturated heterocycles. The molecule has 2 aromatic rings. The Kier molecular flexibility index (Phi) is 7.40. The van der Waals surface area contributed by atoms with Crippen molar-refractivity contribution in [2.45, 2.75) is 6.92 Å². The van der Waals surface area contributed by atoms with E-state index in [1.807, 2.05) is 0 Å². The Balaban J connectivity index is 0.000000238. The minimum Gasteiger partial charge on any atom is -0.497 e. The molecule has 2 rings (SSSR count). The van der Waals surface area contributed by atoms with Gasteiger partial charge < -0.3 is 14.7 Å². The van der Waals surface area contributed by atoms with Gasteiger partial charge in [0.25, 0.3) is 0 Å². The highest BCUT2D eigenvalue weighted by Gasteiger charge is 1.95. The van der Waals surface area contributed by atoms with Crippen molar-refractivity contribution in [3.05, 3.63) is 65.7 Å². The van der Waals surface area contributed by atoms with Crippen molar-refractivity contribution in [2.24, 2.45) is 0 Å². The van der Waals surface area contributed by atoms with E-state index in [9.17, 15) is 4.79 Å². The standard InChI is InChI=1S/C10H10O3.C9H13N/c1-13-9-5-2-8(3-6-9)4-7-10(11)12;1-8-6-4-5-7-9(8)10(2)3/h2-7H,1H3,(H,11,12);4-7H,1-3H3. The molecule has 2 aromatic carbocycles. The van der Waals surface area contributed by atoms with Crippen LogP contribution >= 0.6 is 0 Å². The first-order valence-electron chi connectivity index (χ1n) is 7.22. The van der Waals surface area contributed by atoms with Gasteiger partial charge in [-0.05, 0) is 42.3 Å². The van der Waals surface area contributed by atoms with Gasteiger partial charge in [-0.15, -0.1) is 0 Å². The quantitative estimate of drug-likeness (QED) is 0.871. The van der Waals surface area contributed by atoms with E-state index in [1.54, 1.807) is 31.4 Å². The normalized spacial score (nSPS) is 9.91. The molecule has 1 N–H and O–H groups in total. The van der Waals surface area contributed by atoms with Gasteiger partial charge in [-0.2, -0.15) is 0 Å². The number of anilines is 1. The van der Waals surface area contributed by atoms with E-state index < -0.39 is 5.97 Å². The van der Waals surface area contributed by atoms with E-state index >= 15 is 0 Å². The number of nitrogens with zero attached hydrogens (tertiary/aromatic N) is 1. The lowest BCUT2D eigenvalue weighted by molar-refractivity contribution is -0.131. The number of aliphatic carboxylic acids is 1. The third-order valence-corrected chi connectivity index (χ3v) is 3.13. The Bertz CT molecular complexity index is 646. The van der Waals surface area contributed by atoms with Crippen LogP contribution in [0.25, 0.3) is 6.08 Å². The molecule has 0 radical (unpaired) electrons. The fourth-order valence-corrected chi connectivity index (χ4v) is 1.95. The average Bonchev–Trinajstić information content (AvgIpc) is 2.54. The molecule has 0 aliphatic carbocycles. The monoisotopic (exact) mass is 313 g/mol. The summed E-state index contributed by atoms with van der Waals surface area (Å²) < 4.78 is 4.95. The van der Waals surface area contributed by atoms with E-state index in [-0.39, 0.29) is 0 Å². The van der Waals surface area contributed by atoms with Crippen LogP contribution in [0.1, 0.15) is 11.1 Å². The smallest absolute Gasteiger partial charge is 0.328 e. The number of benzene rings is 2. The minimum absolute atomic E-state index is 0.757. The number of ether oxygens (including phenoxy) is 1. The molecule has 0 fully saturated rings. The van der Waals surface area contributed by atoms with Crippen LogP contribution < -0.4 is 9.64 Å². The summed E-state index contributed by atoms with van der Waals surface area (Å²) in [6, 6.07) is 15.5. The predicted octanol–water partition coefficient (Wildman–Crippen LogP) is 3.85. The van der Waals surface area contributed by atoms with Crippen LogP contribution in [0.15, 0.2) is 54.6 Å². The third kappa shape index (κ3) is 6.70. The summed E-state index contributed by atoms with van der Waals surface area (Å²) in [7, 11) is 5.70. The molecule has 0 saturated carbocycles. The molecule has 0 bridgehead atoms. The molecule has 0 heterocycles. The van der Waals surface area contributed by atoms with Gasteiger partial charge >= 0.3 is 5.97 Å². The Hall–Kier alpha value is -2.75. The Labute approximate surface area is 137 Å². The molecular formula is C19H23NO3. The Morgan fingerprint density at radius 2 is 1.70 bits per heavy atom. The third-order valence-electron chi connectivity index (χ3n) is 3.13. The van der Waals surface area contributed by atoms with Gasteiger partial charge in [0.2, 0.25) is 0 Å². The lowest BCUT2D eigenvalue weighted by Crippen LogP contribution is -2.09. The van der Waals surface area contributed by atoms with E-state index in [2.05, 4.69) is 50.2 Å². The van der Waals surface area contributed by atoms with Crippen molar-refractivity contribution < 1.29 is 14.6 Å². The average molecular weight is 313 g/mol. The largest absolute Gasteiger partial charge is 0.497 e. The van der Waals surface area contributed by atoms with E-state index in [0.717, 1.165) is 17.4 Å². The second-order valence-electron chi connectivity index (χ2n) is 5.13. The van der Waals surface area contributed by atoms with Crippen LogP contribution in [0, 0.1) is 6.92 Å². The van der Waals surface area contributed by atoms with Gasteiger partial charge in [0.15, 0.2) is 0 Å².